The van der Waals surface area contributed by atoms with Gasteiger partial charge in [0, 0.05) is 11.4 Å². The Morgan fingerprint density at radius 3 is 2.31 bits per heavy atom. The number of carbonyl (C=O) groups is 3. The number of anilines is 2. The Kier molecular flexibility index (Phi) is 6.31. The largest absolute Gasteiger partial charge is 0.472 e. The lowest BCUT2D eigenvalue weighted by Crippen LogP contribution is -2.41. The third-order valence-corrected chi connectivity index (χ3v) is 3.94. The van der Waals surface area contributed by atoms with E-state index in [1.54, 1.807) is 43.3 Å². The Balaban J connectivity index is 1.46. The lowest BCUT2D eigenvalue weighted by molar-refractivity contribution is -0.117. The Labute approximate surface area is 166 Å². The Morgan fingerprint density at radius 1 is 0.966 bits per heavy atom. The number of benzene rings is 1. The molecule has 9 nitrogen and oxygen atoms in total. The fourth-order valence-electron chi connectivity index (χ4n) is 2.38. The average molecular weight is 396 g/mol. The third-order valence-electron chi connectivity index (χ3n) is 3.94. The minimum absolute atomic E-state index is 0.273. The number of nitrogens with one attached hydrogen (secondary N) is 4. The highest BCUT2D eigenvalue weighted by Gasteiger charge is 2.17. The summed E-state index contributed by atoms with van der Waals surface area (Å²) in [7, 11) is 0. The van der Waals surface area contributed by atoms with Gasteiger partial charge in [0.05, 0.1) is 24.6 Å². The normalized spacial score (nSPS) is 11.3. The maximum Gasteiger partial charge on any atom is 0.319 e. The van der Waals surface area contributed by atoms with Crippen LogP contribution in [0.5, 0.6) is 0 Å². The van der Waals surface area contributed by atoms with Crippen LogP contribution < -0.4 is 21.3 Å². The Bertz CT molecular complexity index is 949. The summed E-state index contributed by atoms with van der Waals surface area (Å²) >= 11 is 0. The van der Waals surface area contributed by atoms with Crippen molar-refractivity contribution in [1.29, 1.82) is 0 Å². The zero-order valence-electron chi connectivity index (χ0n) is 15.6. The summed E-state index contributed by atoms with van der Waals surface area (Å²) in [4.78, 5) is 36.1. The summed E-state index contributed by atoms with van der Waals surface area (Å²) in [5.74, 6) is -0.132. The highest BCUT2D eigenvalue weighted by Crippen LogP contribution is 2.14. The van der Waals surface area contributed by atoms with E-state index in [2.05, 4.69) is 21.3 Å². The van der Waals surface area contributed by atoms with Crippen molar-refractivity contribution in [2.75, 3.05) is 10.6 Å². The summed E-state index contributed by atoms with van der Waals surface area (Å²) in [6.45, 7) is 1.85. The van der Waals surface area contributed by atoms with Crippen LogP contribution in [0, 0.1) is 0 Å². The molecule has 0 bridgehead atoms. The minimum atomic E-state index is -0.748. The van der Waals surface area contributed by atoms with Crippen LogP contribution in [0.2, 0.25) is 0 Å². The number of carbonyl (C=O) groups excluding carboxylic acids is 3. The van der Waals surface area contributed by atoms with Crippen LogP contribution in [0.25, 0.3) is 0 Å². The predicted octanol–water partition coefficient (Wildman–Crippen LogP) is 2.95. The van der Waals surface area contributed by atoms with Gasteiger partial charge in [0.25, 0.3) is 5.91 Å². The smallest absolute Gasteiger partial charge is 0.319 e. The average Bonchev–Trinajstić information content (AvgIpc) is 3.42. The number of amides is 4. The number of hydrogen-bond acceptors (Lipinski definition) is 5. The van der Waals surface area contributed by atoms with Crippen LogP contribution >= 0.6 is 0 Å². The van der Waals surface area contributed by atoms with Crippen molar-refractivity contribution in [1.82, 2.24) is 10.6 Å². The maximum absolute atomic E-state index is 12.2. The van der Waals surface area contributed by atoms with E-state index in [0.717, 1.165) is 0 Å². The molecule has 2 heterocycles. The van der Waals surface area contributed by atoms with Gasteiger partial charge in [0.2, 0.25) is 5.91 Å². The molecule has 0 saturated heterocycles. The molecule has 2 aromatic heterocycles. The molecular formula is C20H20N4O5. The van der Waals surface area contributed by atoms with Crippen molar-refractivity contribution < 1.29 is 23.2 Å². The summed E-state index contributed by atoms with van der Waals surface area (Å²) in [5.41, 5.74) is 1.42. The first kappa shape index (κ1) is 19.7. The Hall–Kier alpha value is -4.01. The molecule has 0 radical (unpaired) electrons. The van der Waals surface area contributed by atoms with Gasteiger partial charge in [-0.3, -0.25) is 9.59 Å². The van der Waals surface area contributed by atoms with Crippen LogP contribution in [-0.2, 0) is 11.3 Å². The van der Waals surface area contributed by atoms with Gasteiger partial charge in [-0.15, -0.1) is 0 Å². The SMILES string of the molecule is CC(NC(=O)c1ccoc1)C(=O)Nc1ccc(NC(=O)NCc2ccco2)cc1. The number of furan rings is 2. The van der Waals surface area contributed by atoms with Gasteiger partial charge in [0.15, 0.2) is 0 Å². The molecule has 3 aromatic rings. The fraction of sp³-hybridized carbons (Fsp3) is 0.150. The first-order valence-electron chi connectivity index (χ1n) is 8.82. The van der Waals surface area contributed by atoms with Gasteiger partial charge >= 0.3 is 6.03 Å². The van der Waals surface area contributed by atoms with E-state index in [1.165, 1.54) is 24.9 Å². The van der Waals surface area contributed by atoms with Crippen molar-refractivity contribution in [3.8, 4) is 0 Å². The molecule has 29 heavy (non-hydrogen) atoms. The molecule has 9 heteroatoms. The van der Waals surface area contributed by atoms with Crippen LogP contribution in [0.1, 0.15) is 23.0 Å². The molecule has 0 aliphatic heterocycles. The van der Waals surface area contributed by atoms with E-state index in [-0.39, 0.29) is 18.5 Å². The first-order chi connectivity index (χ1) is 14.0. The minimum Gasteiger partial charge on any atom is -0.472 e. The second-order valence-corrected chi connectivity index (χ2v) is 6.16. The van der Waals surface area contributed by atoms with E-state index in [4.69, 9.17) is 8.83 Å². The standard InChI is InChI=1S/C20H20N4O5/c1-13(22-19(26)14-8-10-28-12-14)18(25)23-15-4-6-16(7-5-15)24-20(27)21-11-17-3-2-9-29-17/h2-10,12-13H,11H2,1H3,(H,22,26)(H,23,25)(H2,21,24,27). The zero-order chi connectivity index (χ0) is 20.6. The zero-order valence-corrected chi connectivity index (χ0v) is 15.6. The van der Waals surface area contributed by atoms with Crippen molar-refractivity contribution >= 4 is 29.2 Å². The van der Waals surface area contributed by atoms with Gasteiger partial charge in [-0.05, 0) is 49.4 Å². The molecule has 3 rings (SSSR count). The number of rotatable bonds is 7. The lowest BCUT2D eigenvalue weighted by Gasteiger charge is -2.14. The molecule has 1 atom stereocenters. The molecule has 0 saturated carbocycles. The van der Waals surface area contributed by atoms with E-state index >= 15 is 0 Å². The summed E-state index contributed by atoms with van der Waals surface area (Å²) in [6, 6.07) is 10.5. The quantitative estimate of drug-likeness (QED) is 0.489. The van der Waals surface area contributed by atoms with Crippen LogP contribution in [0.4, 0.5) is 16.2 Å². The summed E-state index contributed by atoms with van der Waals surface area (Å²) < 4.78 is 9.98. The molecule has 0 spiro atoms. The lowest BCUT2D eigenvalue weighted by atomic mass is 10.2. The molecule has 0 aliphatic rings. The monoisotopic (exact) mass is 396 g/mol. The molecule has 0 fully saturated rings. The molecule has 150 valence electrons. The second-order valence-electron chi connectivity index (χ2n) is 6.16. The Morgan fingerprint density at radius 2 is 1.69 bits per heavy atom. The van der Waals surface area contributed by atoms with E-state index in [0.29, 0.717) is 22.7 Å². The van der Waals surface area contributed by atoms with Gasteiger partial charge < -0.3 is 30.1 Å². The van der Waals surface area contributed by atoms with Gasteiger partial charge in [0.1, 0.15) is 18.1 Å². The fourth-order valence-corrected chi connectivity index (χ4v) is 2.38. The first-order valence-corrected chi connectivity index (χ1v) is 8.82. The second kappa shape index (κ2) is 9.27. The number of urea groups is 1. The van der Waals surface area contributed by atoms with Crippen molar-refractivity contribution in [2.24, 2.45) is 0 Å². The summed E-state index contributed by atoms with van der Waals surface area (Å²) in [6.07, 6.45) is 4.22. The van der Waals surface area contributed by atoms with Gasteiger partial charge in [-0.1, -0.05) is 0 Å². The van der Waals surface area contributed by atoms with Crippen molar-refractivity contribution in [3.05, 3.63) is 72.6 Å². The van der Waals surface area contributed by atoms with Crippen LogP contribution in [0.15, 0.2) is 70.1 Å². The number of hydrogen-bond donors (Lipinski definition) is 4. The van der Waals surface area contributed by atoms with Gasteiger partial charge in [-0.25, -0.2) is 4.79 Å². The van der Waals surface area contributed by atoms with Crippen molar-refractivity contribution in [2.45, 2.75) is 19.5 Å². The van der Waals surface area contributed by atoms with E-state index < -0.39 is 11.9 Å². The van der Waals surface area contributed by atoms with Crippen LogP contribution in [0.3, 0.4) is 0 Å². The van der Waals surface area contributed by atoms with Crippen LogP contribution in [-0.4, -0.2) is 23.9 Å². The molecule has 0 aliphatic carbocycles. The molecule has 4 amide bonds. The molecular weight excluding hydrogens is 376 g/mol. The molecule has 4 N–H and O–H groups in total. The van der Waals surface area contributed by atoms with Crippen molar-refractivity contribution in [3.63, 3.8) is 0 Å². The topological polar surface area (TPSA) is 126 Å². The highest BCUT2D eigenvalue weighted by molar-refractivity contribution is 6.01. The van der Waals surface area contributed by atoms with E-state index in [1.807, 2.05) is 0 Å². The van der Waals surface area contributed by atoms with E-state index in [9.17, 15) is 14.4 Å². The van der Waals surface area contributed by atoms with Gasteiger partial charge in [-0.2, -0.15) is 0 Å². The summed E-state index contributed by atoms with van der Waals surface area (Å²) in [5, 5.41) is 10.6. The third kappa shape index (κ3) is 5.73. The molecule has 1 unspecified atom stereocenters. The molecule has 1 aromatic carbocycles. The highest BCUT2D eigenvalue weighted by atomic mass is 16.3. The predicted molar refractivity (Wildman–Crippen MR) is 105 cm³/mol. The maximum atomic E-state index is 12.2.